The van der Waals surface area contributed by atoms with Crippen LogP contribution in [0.5, 0.6) is 5.75 Å². The molecule has 0 aromatic carbocycles. The van der Waals surface area contributed by atoms with Crippen molar-refractivity contribution in [3.8, 4) is 5.75 Å². The number of rotatable bonds is 1. The monoisotopic (exact) mass is 173 g/mol. The van der Waals surface area contributed by atoms with Crippen molar-refractivity contribution in [1.82, 2.24) is 9.97 Å². The number of primary amides is 1. The van der Waals surface area contributed by atoms with Crippen molar-refractivity contribution >= 4 is 17.7 Å². The molecule has 2 N–H and O–H groups in total. The van der Waals surface area contributed by atoms with Gasteiger partial charge < -0.3 is 10.5 Å². The lowest BCUT2D eigenvalue weighted by molar-refractivity contribution is 0.210. The van der Waals surface area contributed by atoms with Gasteiger partial charge in [-0.25, -0.2) is 14.8 Å². The van der Waals surface area contributed by atoms with Crippen LogP contribution in [0.15, 0.2) is 12.4 Å². The maximum absolute atomic E-state index is 10.2. The molecule has 0 saturated heterocycles. The van der Waals surface area contributed by atoms with Crippen LogP contribution in [0.1, 0.15) is 0 Å². The van der Waals surface area contributed by atoms with Crippen LogP contribution < -0.4 is 10.5 Å². The Hall–Kier alpha value is -1.36. The van der Waals surface area contributed by atoms with E-state index in [9.17, 15) is 4.79 Å². The summed E-state index contributed by atoms with van der Waals surface area (Å²) in [5.74, 6) is 0.168. The van der Waals surface area contributed by atoms with Gasteiger partial charge in [-0.2, -0.15) is 0 Å². The molecule has 0 radical (unpaired) electrons. The first-order valence-electron chi connectivity index (χ1n) is 2.63. The van der Waals surface area contributed by atoms with E-state index in [4.69, 9.17) is 17.3 Å². The zero-order valence-electron chi connectivity index (χ0n) is 5.32. The fourth-order valence-corrected chi connectivity index (χ4v) is 0.567. The number of nitrogens with zero attached hydrogens (tertiary/aromatic N) is 2. The molecule has 0 aliphatic heterocycles. The lowest BCUT2D eigenvalue weighted by Crippen LogP contribution is -2.16. The summed E-state index contributed by atoms with van der Waals surface area (Å²) < 4.78 is 4.42. The van der Waals surface area contributed by atoms with Gasteiger partial charge in [0, 0.05) is 0 Å². The summed E-state index contributed by atoms with van der Waals surface area (Å²) in [6, 6.07) is 0. The molecule has 0 aliphatic carbocycles. The number of nitrogens with two attached hydrogens (primary N) is 1. The Balaban J connectivity index is 2.74. The highest BCUT2D eigenvalue weighted by Crippen LogP contribution is 2.07. The van der Waals surface area contributed by atoms with E-state index in [1.165, 1.54) is 12.4 Å². The Morgan fingerprint density at radius 3 is 2.55 bits per heavy atom. The van der Waals surface area contributed by atoms with Crippen LogP contribution in [0.25, 0.3) is 0 Å². The zero-order valence-corrected chi connectivity index (χ0v) is 6.08. The number of halogens is 1. The minimum absolute atomic E-state index is 0.0850. The van der Waals surface area contributed by atoms with E-state index in [-0.39, 0.29) is 11.0 Å². The molecular weight excluding hydrogens is 170 g/mol. The number of amides is 1. The molecule has 0 fully saturated rings. The first-order valence-corrected chi connectivity index (χ1v) is 3.01. The second-order valence-electron chi connectivity index (χ2n) is 1.61. The molecule has 0 aliphatic rings. The number of ether oxygens (including phenoxy) is 1. The molecule has 11 heavy (non-hydrogen) atoms. The Bertz CT molecular complexity index is 261. The van der Waals surface area contributed by atoms with Gasteiger partial charge in [0.2, 0.25) is 5.28 Å². The van der Waals surface area contributed by atoms with Crippen LogP contribution in [-0.4, -0.2) is 16.1 Å². The lowest BCUT2D eigenvalue weighted by Gasteiger charge is -1.96. The van der Waals surface area contributed by atoms with Crippen molar-refractivity contribution in [3.63, 3.8) is 0 Å². The maximum Gasteiger partial charge on any atom is 0.410 e. The fraction of sp³-hybridized carbons (Fsp3) is 0. The smallest absolute Gasteiger partial charge is 0.407 e. The summed E-state index contributed by atoms with van der Waals surface area (Å²) in [6.07, 6.45) is 1.59. The van der Waals surface area contributed by atoms with E-state index in [0.717, 1.165) is 0 Å². The third-order valence-electron chi connectivity index (χ3n) is 0.815. The van der Waals surface area contributed by atoms with E-state index in [1.54, 1.807) is 0 Å². The first kappa shape index (κ1) is 7.74. The fourth-order valence-electron chi connectivity index (χ4n) is 0.469. The molecule has 1 rings (SSSR count). The minimum atomic E-state index is -0.907. The molecule has 0 saturated carbocycles. The molecule has 6 heteroatoms. The second kappa shape index (κ2) is 3.16. The van der Waals surface area contributed by atoms with Crippen LogP contribution >= 0.6 is 11.6 Å². The predicted molar refractivity (Wildman–Crippen MR) is 37.3 cm³/mol. The van der Waals surface area contributed by atoms with Gasteiger partial charge in [-0.1, -0.05) is 0 Å². The van der Waals surface area contributed by atoms with Gasteiger partial charge in [0.1, 0.15) is 0 Å². The standard InChI is InChI=1S/C5H4ClN3O2/c6-4-8-1-3(2-9-4)11-5(7)10/h1-2H,(H2,7,10). The predicted octanol–water partition coefficient (Wildman–Crippen LogP) is 0.588. The van der Waals surface area contributed by atoms with Crippen molar-refractivity contribution in [3.05, 3.63) is 17.7 Å². The quantitative estimate of drug-likeness (QED) is 0.631. The largest absolute Gasteiger partial charge is 0.410 e. The zero-order chi connectivity index (χ0) is 8.27. The summed E-state index contributed by atoms with van der Waals surface area (Å²) in [5.41, 5.74) is 4.71. The molecule has 0 bridgehead atoms. The average Bonchev–Trinajstić information content (AvgIpc) is 1.93. The Morgan fingerprint density at radius 1 is 1.55 bits per heavy atom. The van der Waals surface area contributed by atoms with Crippen molar-refractivity contribution < 1.29 is 9.53 Å². The average molecular weight is 174 g/mol. The van der Waals surface area contributed by atoms with Crippen LogP contribution in [-0.2, 0) is 0 Å². The summed E-state index contributed by atoms with van der Waals surface area (Å²) in [5, 5.41) is 0.0850. The molecule has 1 aromatic heterocycles. The molecule has 1 heterocycles. The minimum Gasteiger partial charge on any atom is -0.407 e. The third-order valence-corrected chi connectivity index (χ3v) is 1.01. The molecule has 58 valence electrons. The highest BCUT2D eigenvalue weighted by atomic mass is 35.5. The Kier molecular flexibility index (Phi) is 2.22. The molecule has 1 aromatic rings. The van der Waals surface area contributed by atoms with Gasteiger partial charge in [0.15, 0.2) is 5.75 Å². The SMILES string of the molecule is NC(=O)Oc1cnc(Cl)nc1. The van der Waals surface area contributed by atoms with E-state index in [1.807, 2.05) is 0 Å². The molecule has 0 spiro atoms. The van der Waals surface area contributed by atoms with E-state index < -0.39 is 6.09 Å². The summed E-state index contributed by atoms with van der Waals surface area (Å²) in [4.78, 5) is 17.3. The van der Waals surface area contributed by atoms with Crippen LogP contribution in [0.2, 0.25) is 5.28 Å². The number of hydrogen-bond acceptors (Lipinski definition) is 4. The topological polar surface area (TPSA) is 78.1 Å². The second-order valence-corrected chi connectivity index (χ2v) is 1.95. The molecule has 1 amide bonds. The van der Waals surface area contributed by atoms with Crippen LogP contribution in [0.4, 0.5) is 4.79 Å². The summed E-state index contributed by atoms with van der Waals surface area (Å²) in [6.45, 7) is 0. The van der Waals surface area contributed by atoms with Gasteiger partial charge >= 0.3 is 6.09 Å². The normalized spacial score (nSPS) is 9.18. The number of hydrogen-bond donors (Lipinski definition) is 1. The summed E-state index contributed by atoms with van der Waals surface area (Å²) in [7, 11) is 0. The van der Waals surface area contributed by atoms with E-state index in [0.29, 0.717) is 0 Å². The van der Waals surface area contributed by atoms with Gasteiger partial charge in [-0.3, -0.25) is 0 Å². The van der Waals surface area contributed by atoms with E-state index >= 15 is 0 Å². The van der Waals surface area contributed by atoms with Crippen LogP contribution in [0, 0.1) is 0 Å². The molecular formula is C5H4ClN3O2. The maximum atomic E-state index is 10.2. The Morgan fingerprint density at radius 2 is 2.09 bits per heavy atom. The summed E-state index contributed by atoms with van der Waals surface area (Å²) >= 11 is 5.35. The molecule has 0 atom stereocenters. The van der Waals surface area contributed by atoms with Gasteiger partial charge in [-0.05, 0) is 11.6 Å². The van der Waals surface area contributed by atoms with Gasteiger partial charge in [0.25, 0.3) is 0 Å². The van der Waals surface area contributed by atoms with Gasteiger partial charge in [-0.15, -0.1) is 0 Å². The van der Waals surface area contributed by atoms with Gasteiger partial charge in [0.05, 0.1) is 12.4 Å². The number of aromatic nitrogens is 2. The first-order chi connectivity index (χ1) is 5.18. The highest BCUT2D eigenvalue weighted by Gasteiger charge is 1.98. The van der Waals surface area contributed by atoms with Crippen molar-refractivity contribution in [2.24, 2.45) is 5.73 Å². The number of carbonyl (C=O) groups excluding carboxylic acids is 1. The highest BCUT2D eigenvalue weighted by molar-refractivity contribution is 6.28. The third kappa shape index (κ3) is 2.38. The van der Waals surface area contributed by atoms with Crippen molar-refractivity contribution in [1.29, 1.82) is 0 Å². The van der Waals surface area contributed by atoms with Crippen molar-refractivity contribution in [2.75, 3.05) is 0 Å². The molecule has 5 nitrogen and oxygen atoms in total. The lowest BCUT2D eigenvalue weighted by atomic mass is 10.6. The number of carbonyl (C=O) groups is 1. The van der Waals surface area contributed by atoms with Crippen LogP contribution in [0.3, 0.4) is 0 Å². The van der Waals surface area contributed by atoms with Crippen molar-refractivity contribution in [2.45, 2.75) is 0 Å². The Labute approximate surface area is 67.2 Å². The molecule has 0 unspecified atom stereocenters. The van der Waals surface area contributed by atoms with E-state index in [2.05, 4.69) is 14.7 Å².